The number of benzene rings is 1. The van der Waals surface area contributed by atoms with E-state index in [1.165, 1.54) is 12.1 Å². The topological polar surface area (TPSA) is 72.9 Å². The summed E-state index contributed by atoms with van der Waals surface area (Å²) in [4.78, 5) is 27.2. The number of methoxy groups -OCH3 is 1. The highest BCUT2D eigenvalue weighted by molar-refractivity contribution is 6.06. The number of rotatable bonds is 4. The monoisotopic (exact) mass is 374 g/mol. The van der Waals surface area contributed by atoms with E-state index in [1.807, 2.05) is 0 Å². The van der Waals surface area contributed by atoms with Crippen LogP contribution in [0.4, 0.5) is 4.39 Å². The van der Waals surface area contributed by atoms with Crippen LogP contribution >= 0.6 is 0 Å². The minimum atomic E-state index is -0.340. The van der Waals surface area contributed by atoms with Crippen LogP contribution in [0.3, 0.4) is 0 Å². The number of halogens is 1. The number of nitroso groups, excluding NO2 is 1. The smallest absolute Gasteiger partial charge is 0.339 e. The van der Waals surface area contributed by atoms with Gasteiger partial charge in [-0.25, -0.2) is 9.18 Å². The van der Waals surface area contributed by atoms with E-state index in [4.69, 9.17) is 4.74 Å². The van der Waals surface area contributed by atoms with Gasteiger partial charge in [0, 0.05) is 5.56 Å². The molecule has 1 saturated carbocycles. The summed E-state index contributed by atoms with van der Waals surface area (Å²) in [7, 11) is 1.56. The molecule has 2 heterocycles. The van der Waals surface area contributed by atoms with Crippen molar-refractivity contribution in [1.29, 1.82) is 0 Å². The lowest BCUT2D eigenvalue weighted by Crippen LogP contribution is -2.82. The summed E-state index contributed by atoms with van der Waals surface area (Å²) in [6.45, 7) is 2.19. The molecule has 0 aromatic heterocycles. The lowest BCUT2D eigenvalue weighted by Gasteiger charge is -2.44. The van der Waals surface area contributed by atoms with Gasteiger partial charge in [0.2, 0.25) is 0 Å². The SMILES string of the molecule is CCC1CCC23CC(=O)N(N=O)C2=[NH+]C(c2cc(F)ccc2OC)CC3C1. The molecule has 7 heteroatoms. The van der Waals surface area contributed by atoms with Gasteiger partial charge in [-0.05, 0) is 60.7 Å². The average molecular weight is 374 g/mol. The Morgan fingerprint density at radius 1 is 1.41 bits per heavy atom. The van der Waals surface area contributed by atoms with Gasteiger partial charge in [-0.15, -0.1) is 4.91 Å². The van der Waals surface area contributed by atoms with Crippen molar-refractivity contribution in [3.8, 4) is 5.75 Å². The molecule has 1 aliphatic carbocycles. The molecule has 1 N–H and O–H groups in total. The van der Waals surface area contributed by atoms with Gasteiger partial charge in [-0.2, -0.15) is 0 Å². The fourth-order valence-electron chi connectivity index (χ4n) is 5.39. The lowest BCUT2D eigenvalue weighted by atomic mass is 9.58. The zero-order valence-electron chi connectivity index (χ0n) is 15.7. The number of hydrogen-bond acceptors (Lipinski definition) is 4. The van der Waals surface area contributed by atoms with E-state index in [0.717, 1.165) is 37.1 Å². The summed E-state index contributed by atoms with van der Waals surface area (Å²) in [6, 6.07) is 4.23. The predicted octanol–water partition coefficient (Wildman–Crippen LogP) is 2.48. The summed E-state index contributed by atoms with van der Waals surface area (Å²) in [5.74, 6) is 1.48. The Morgan fingerprint density at radius 2 is 2.22 bits per heavy atom. The molecule has 4 rings (SSSR count). The van der Waals surface area contributed by atoms with E-state index in [-0.39, 0.29) is 29.1 Å². The molecule has 2 fully saturated rings. The summed E-state index contributed by atoms with van der Waals surface area (Å²) in [5, 5.41) is 3.99. The second kappa shape index (κ2) is 6.69. The molecule has 27 heavy (non-hydrogen) atoms. The van der Waals surface area contributed by atoms with E-state index >= 15 is 0 Å². The molecular formula is C20H25FN3O3+. The van der Waals surface area contributed by atoms with Gasteiger partial charge in [0.15, 0.2) is 5.29 Å². The van der Waals surface area contributed by atoms with Crippen molar-refractivity contribution >= 4 is 11.7 Å². The highest BCUT2D eigenvalue weighted by Crippen LogP contribution is 2.54. The molecule has 1 aromatic carbocycles. The van der Waals surface area contributed by atoms with Crippen LogP contribution in [-0.2, 0) is 4.79 Å². The Kier molecular flexibility index (Phi) is 4.48. The molecule has 0 bridgehead atoms. The van der Waals surface area contributed by atoms with Gasteiger partial charge < -0.3 is 4.74 Å². The number of hydrogen-bond donors (Lipinski definition) is 1. The maximum Gasteiger partial charge on any atom is 0.339 e. The van der Waals surface area contributed by atoms with E-state index < -0.39 is 0 Å². The fourth-order valence-corrected chi connectivity index (χ4v) is 5.39. The summed E-state index contributed by atoms with van der Waals surface area (Å²) < 4.78 is 19.4. The average Bonchev–Trinajstić information content (AvgIpc) is 2.96. The van der Waals surface area contributed by atoms with Crippen LogP contribution in [0.1, 0.15) is 57.1 Å². The van der Waals surface area contributed by atoms with Crippen LogP contribution in [0.15, 0.2) is 23.5 Å². The number of carbonyl (C=O) groups is 1. The van der Waals surface area contributed by atoms with E-state index in [9.17, 15) is 14.1 Å². The molecule has 6 nitrogen and oxygen atoms in total. The van der Waals surface area contributed by atoms with Gasteiger partial charge in [0.05, 0.1) is 18.9 Å². The van der Waals surface area contributed by atoms with E-state index in [2.05, 4.69) is 17.2 Å². The molecular weight excluding hydrogens is 349 g/mol. The summed E-state index contributed by atoms with van der Waals surface area (Å²) in [5.41, 5.74) is 0.371. The second-order valence-corrected chi connectivity index (χ2v) is 8.03. The standard InChI is InChI=1S/C20H24FN3O3/c1-3-12-6-7-20-11-18(25)24(23-26)19(20)22-16(9-13(20)8-12)15-10-14(21)4-5-17(15)27-2/h4-5,10,12-13,16H,3,6-9,11H2,1-2H3/p+1. The Balaban J connectivity index is 1.81. The number of nitrogens with one attached hydrogen (secondary N) is 1. The second-order valence-electron chi connectivity index (χ2n) is 8.03. The van der Waals surface area contributed by atoms with Crippen molar-refractivity contribution in [3.63, 3.8) is 0 Å². The number of amides is 1. The first-order valence-electron chi connectivity index (χ1n) is 9.66. The number of nitrogens with zero attached hydrogens (tertiary/aromatic N) is 2. The quantitative estimate of drug-likeness (QED) is 0.823. The zero-order valence-corrected chi connectivity index (χ0v) is 15.7. The third-order valence-corrected chi connectivity index (χ3v) is 6.84. The number of amidine groups is 1. The van der Waals surface area contributed by atoms with Crippen molar-refractivity contribution in [2.75, 3.05) is 7.11 Å². The maximum atomic E-state index is 13.9. The van der Waals surface area contributed by atoms with Crippen LogP contribution in [0, 0.1) is 28.0 Å². The fraction of sp³-hybridized carbons (Fsp3) is 0.600. The molecule has 2 aliphatic heterocycles. The highest BCUT2D eigenvalue weighted by atomic mass is 19.1. The summed E-state index contributed by atoms with van der Waals surface area (Å²) in [6.07, 6.45) is 5.15. The van der Waals surface area contributed by atoms with Crippen LogP contribution < -0.4 is 9.73 Å². The van der Waals surface area contributed by atoms with E-state index in [1.54, 1.807) is 13.2 Å². The van der Waals surface area contributed by atoms with Crippen molar-refractivity contribution < 1.29 is 18.9 Å². The molecule has 0 radical (unpaired) electrons. The minimum absolute atomic E-state index is 0.227. The molecule has 4 unspecified atom stereocenters. The first kappa shape index (κ1) is 18.1. The largest absolute Gasteiger partial charge is 0.496 e. The van der Waals surface area contributed by atoms with Crippen LogP contribution in [0.2, 0.25) is 0 Å². The van der Waals surface area contributed by atoms with Crippen molar-refractivity contribution in [2.45, 2.75) is 51.5 Å². The first-order chi connectivity index (χ1) is 13.0. The molecule has 1 saturated heterocycles. The van der Waals surface area contributed by atoms with Gasteiger partial charge in [-0.3, -0.25) is 4.99 Å². The van der Waals surface area contributed by atoms with Gasteiger partial charge >= 0.3 is 5.91 Å². The normalized spacial score (nSPS) is 32.6. The highest BCUT2D eigenvalue weighted by Gasteiger charge is 2.64. The Bertz CT molecular complexity index is 812. The lowest BCUT2D eigenvalue weighted by molar-refractivity contribution is -0.531. The van der Waals surface area contributed by atoms with Crippen LogP contribution in [0.25, 0.3) is 0 Å². The molecule has 1 aromatic rings. The van der Waals surface area contributed by atoms with Crippen molar-refractivity contribution in [1.82, 2.24) is 5.01 Å². The van der Waals surface area contributed by atoms with Crippen molar-refractivity contribution in [3.05, 3.63) is 34.5 Å². The van der Waals surface area contributed by atoms with Crippen LogP contribution in [0.5, 0.6) is 5.75 Å². The van der Waals surface area contributed by atoms with Crippen molar-refractivity contribution in [2.24, 2.45) is 22.5 Å². The zero-order chi connectivity index (χ0) is 19.2. The predicted molar refractivity (Wildman–Crippen MR) is 97.1 cm³/mol. The first-order valence-corrected chi connectivity index (χ1v) is 9.66. The van der Waals surface area contributed by atoms with Gasteiger partial charge in [0.1, 0.15) is 17.6 Å². The minimum Gasteiger partial charge on any atom is -0.496 e. The number of carbonyl (C=O) groups excluding carboxylic acids is 1. The van der Waals surface area contributed by atoms with Gasteiger partial charge in [0.25, 0.3) is 5.84 Å². The molecule has 3 aliphatic rings. The van der Waals surface area contributed by atoms with Gasteiger partial charge in [-0.1, -0.05) is 13.3 Å². The molecule has 1 spiro atoms. The number of ether oxygens (including phenoxy) is 1. The molecule has 4 atom stereocenters. The Morgan fingerprint density at radius 3 is 2.93 bits per heavy atom. The third kappa shape index (κ3) is 2.75. The third-order valence-electron chi connectivity index (χ3n) is 6.84. The summed E-state index contributed by atoms with van der Waals surface area (Å²) >= 11 is 0. The van der Waals surface area contributed by atoms with Crippen LogP contribution in [-0.4, -0.2) is 23.9 Å². The van der Waals surface area contributed by atoms with E-state index in [0.29, 0.717) is 29.5 Å². The maximum absolute atomic E-state index is 13.9. The Hall–Kier alpha value is -2.31. The Labute approximate surface area is 157 Å². The molecule has 144 valence electrons. The molecule has 1 amide bonds.